The van der Waals surface area contributed by atoms with Crippen LogP contribution < -0.4 is 5.32 Å². The molecule has 0 atom stereocenters. The van der Waals surface area contributed by atoms with Gasteiger partial charge >= 0.3 is 0 Å². The maximum Gasteiger partial charge on any atom is 0.0435 e. The minimum atomic E-state index is 0.873. The van der Waals surface area contributed by atoms with E-state index in [0.29, 0.717) is 0 Å². The first-order chi connectivity index (χ1) is 8.75. The fourth-order valence-electron chi connectivity index (χ4n) is 2.49. The SMILES string of the molecule is Cc1cc(CCCN2CCCNCC2)ccc1Cl. The summed E-state index contributed by atoms with van der Waals surface area (Å²) in [7, 11) is 0. The van der Waals surface area contributed by atoms with E-state index in [1.807, 2.05) is 6.07 Å². The molecule has 100 valence electrons. The number of nitrogens with zero attached hydrogens (tertiary/aromatic N) is 1. The molecule has 3 heteroatoms. The summed E-state index contributed by atoms with van der Waals surface area (Å²) >= 11 is 6.04. The number of halogens is 1. The zero-order chi connectivity index (χ0) is 12.8. The Morgan fingerprint density at radius 3 is 3.00 bits per heavy atom. The van der Waals surface area contributed by atoms with Crippen molar-refractivity contribution in [3.8, 4) is 0 Å². The molecule has 18 heavy (non-hydrogen) atoms. The summed E-state index contributed by atoms with van der Waals surface area (Å²) in [5, 5.41) is 4.32. The maximum absolute atomic E-state index is 6.04. The molecule has 1 heterocycles. The van der Waals surface area contributed by atoms with Gasteiger partial charge in [-0.3, -0.25) is 0 Å². The third kappa shape index (κ3) is 4.27. The van der Waals surface area contributed by atoms with Gasteiger partial charge in [0.25, 0.3) is 0 Å². The molecule has 0 spiro atoms. The average molecular weight is 267 g/mol. The van der Waals surface area contributed by atoms with Gasteiger partial charge in [0.05, 0.1) is 0 Å². The highest BCUT2D eigenvalue weighted by molar-refractivity contribution is 6.31. The topological polar surface area (TPSA) is 15.3 Å². The molecule has 1 aliphatic rings. The number of aryl methyl sites for hydroxylation is 2. The normalized spacial score (nSPS) is 17.7. The quantitative estimate of drug-likeness (QED) is 0.902. The highest BCUT2D eigenvalue weighted by Crippen LogP contribution is 2.17. The Bertz CT molecular complexity index is 371. The van der Waals surface area contributed by atoms with Gasteiger partial charge in [0, 0.05) is 18.1 Å². The molecule has 0 saturated carbocycles. The molecule has 1 saturated heterocycles. The van der Waals surface area contributed by atoms with E-state index in [1.54, 1.807) is 0 Å². The summed E-state index contributed by atoms with van der Waals surface area (Å²) in [6.07, 6.45) is 3.67. The molecule has 0 radical (unpaired) electrons. The van der Waals surface area contributed by atoms with E-state index in [2.05, 4.69) is 29.3 Å². The predicted molar refractivity (Wildman–Crippen MR) is 78.4 cm³/mol. The summed E-state index contributed by atoms with van der Waals surface area (Å²) in [6, 6.07) is 6.38. The maximum atomic E-state index is 6.04. The van der Waals surface area contributed by atoms with E-state index in [0.717, 1.165) is 18.0 Å². The number of rotatable bonds is 4. The van der Waals surface area contributed by atoms with E-state index in [4.69, 9.17) is 11.6 Å². The summed E-state index contributed by atoms with van der Waals surface area (Å²) in [5.74, 6) is 0. The van der Waals surface area contributed by atoms with Crippen LogP contribution in [-0.4, -0.2) is 37.6 Å². The first-order valence-corrected chi connectivity index (χ1v) is 7.31. The first-order valence-electron chi connectivity index (χ1n) is 6.94. The standard InChI is InChI=1S/C15H23ClN2/c1-13-12-14(5-6-15(13)16)4-2-9-18-10-3-7-17-8-11-18/h5-6,12,17H,2-4,7-11H2,1H3. The third-order valence-electron chi connectivity index (χ3n) is 3.59. The van der Waals surface area contributed by atoms with Crippen LogP contribution in [0, 0.1) is 6.92 Å². The largest absolute Gasteiger partial charge is 0.315 e. The van der Waals surface area contributed by atoms with Gasteiger partial charge in [-0.25, -0.2) is 0 Å². The first kappa shape index (κ1) is 13.9. The minimum absolute atomic E-state index is 0.873. The molecule has 0 unspecified atom stereocenters. The lowest BCUT2D eigenvalue weighted by Gasteiger charge is -2.19. The fraction of sp³-hybridized carbons (Fsp3) is 0.600. The molecular formula is C15H23ClN2. The molecule has 0 aliphatic carbocycles. The van der Waals surface area contributed by atoms with Crippen molar-refractivity contribution >= 4 is 11.6 Å². The molecule has 1 N–H and O–H groups in total. The highest BCUT2D eigenvalue weighted by Gasteiger charge is 2.07. The van der Waals surface area contributed by atoms with Crippen LogP contribution in [0.5, 0.6) is 0 Å². The van der Waals surface area contributed by atoms with E-state index >= 15 is 0 Å². The highest BCUT2D eigenvalue weighted by atomic mass is 35.5. The monoisotopic (exact) mass is 266 g/mol. The number of benzene rings is 1. The van der Waals surface area contributed by atoms with E-state index in [1.165, 1.54) is 50.1 Å². The minimum Gasteiger partial charge on any atom is -0.315 e. The average Bonchev–Trinajstić information content (AvgIpc) is 2.62. The molecule has 1 fully saturated rings. The Morgan fingerprint density at radius 2 is 2.17 bits per heavy atom. The van der Waals surface area contributed by atoms with Crippen LogP contribution >= 0.6 is 11.6 Å². The van der Waals surface area contributed by atoms with Gasteiger partial charge < -0.3 is 10.2 Å². The van der Waals surface area contributed by atoms with Crippen molar-refractivity contribution in [1.29, 1.82) is 0 Å². The Hall–Kier alpha value is -0.570. The second-order valence-corrected chi connectivity index (χ2v) is 5.54. The predicted octanol–water partition coefficient (Wildman–Crippen LogP) is 2.88. The van der Waals surface area contributed by atoms with E-state index < -0.39 is 0 Å². The fourth-order valence-corrected chi connectivity index (χ4v) is 2.61. The zero-order valence-corrected chi connectivity index (χ0v) is 12.0. The Labute approximate surface area is 115 Å². The van der Waals surface area contributed by atoms with Gasteiger partial charge in [0.2, 0.25) is 0 Å². The molecule has 2 rings (SSSR count). The van der Waals surface area contributed by atoms with Crippen LogP contribution in [0.25, 0.3) is 0 Å². The molecule has 0 bridgehead atoms. The van der Waals surface area contributed by atoms with Crippen molar-refractivity contribution in [2.45, 2.75) is 26.2 Å². The Kier molecular flexibility index (Phi) is 5.48. The Morgan fingerprint density at radius 1 is 1.28 bits per heavy atom. The lowest BCUT2D eigenvalue weighted by Crippen LogP contribution is -2.29. The molecule has 2 nitrogen and oxygen atoms in total. The van der Waals surface area contributed by atoms with Crippen molar-refractivity contribution in [1.82, 2.24) is 10.2 Å². The van der Waals surface area contributed by atoms with Gasteiger partial charge in [-0.2, -0.15) is 0 Å². The van der Waals surface area contributed by atoms with E-state index in [-0.39, 0.29) is 0 Å². The number of hydrogen-bond acceptors (Lipinski definition) is 2. The van der Waals surface area contributed by atoms with Crippen LogP contribution in [-0.2, 0) is 6.42 Å². The summed E-state index contributed by atoms with van der Waals surface area (Å²) in [4.78, 5) is 2.57. The van der Waals surface area contributed by atoms with Crippen molar-refractivity contribution in [3.63, 3.8) is 0 Å². The molecule has 1 aromatic carbocycles. The van der Waals surface area contributed by atoms with Crippen LogP contribution in [0.1, 0.15) is 24.0 Å². The van der Waals surface area contributed by atoms with Crippen molar-refractivity contribution in [3.05, 3.63) is 34.3 Å². The van der Waals surface area contributed by atoms with Crippen molar-refractivity contribution in [2.24, 2.45) is 0 Å². The van der Waals surface area contributed by atoms with Gasteiger partial charge in [-0.15, -0.1) is 0 Å². The summed E-state index contributed by atoms with van der Waals surface area (Å²) in [6.45, 7) is 8.04. The second kappa shape index (κ2) is 7.13. The number of hydrogen-bond donors (Lipinski definition) is 1. The van der Waals surface area contributed by atoms with Crippen LogP contribution in [0.2, 0.25) is 5.02 Å². The molecule has 1 aromatic rings. The van der Waals surface area contributed by atoms with Crippen molar-refractivity contribution in [2.75, 3.05) is 32.7 Å². The second-order valence-electron chi connectivity index (χ2n) is 5.13. The van der Waals surface area contributed by atoms with Crippen LogP contribution in [0.4, 0.5) is 0 Å². The van der Waals surface area contributed by atoms with Crippen LogP contribution in [0.3, 0.4) is 0 Å². The third-order valence-corrected chi connectivity index (χ3v) is 4.02. The van der Waals surface area contributed by atoms with Gasteiger partial charge in [-0.1, -0.05) is 23.7 Å². The lowest BCUT2D eigenvalue weighted by atomic mass is 10.1. The zero-order valence-electron chi connectivity index (χ0n) is 11.2. The molecular weight excluding hydrogens is 244 g/mol. The number of nitrogens with one attached hydrogen (secondary N) is 1. The van der Waals surface area contributed by atoms with Gasteiger partial charge in [0.15, 0.2) is 0 Å². The summed E-state index contributed by atoms with van der Waals surface area (Å²) < 4.78 is 0. The molecule has 1 aliphatic heterocycles. The van der Waals surface area contributed by atoms with Gasteiger partial charge in [-0.05, 0) is 63.0 Å². The summed E-state index contributed by atoms with van der Waals surface area (Å²) in [5.41, 5.74) is 2.60. The molecule has 0 aromatic heterocycles. The van der Waals surface area contributed by atoms with Crippen molar-refractivity contribution < 1.29 is 0 Å². The van der Waals surface area contributed by atoms with Gasteiger partial charge in [0.1, 0.15) is 0 Å². The lowest BCUT2D eigenvalue weighted by molar-refractivity contribution is 0.289. The Balaban J connectivity index is 1.75. The van der Waals surface area contributed by atoms with E-state index in [9.17, 15) is 0 Å². The molecule has 0 amide bonds. The van der Waals surface area contributed by atoms with Crippen LogP contribution in [0.15, 0.2) is 18.2 Å². The smallest absolute Gasteiger partial charge is 0.0435 e.